The van der Waals surface area contributed by atoms with Gasteiger partial charge in [0.25, 0.3) is 0 Å². The summed E-state index contributed by atoms with van der Waals surface area (Å²) in [5.41, 5.74) is 1.29. The molecule has 5 nitrogen and oxygen atoms in total. The van der Waals surface area contributed by atoms with E-state index in [-0.39, 0.29) is 23.6 Å². The summed E-state index contributed by atoms with van der Waals surface area (Å²) in [6.07, 6.45) is 3.99. The lowest BCUT2D eigenvalue weighted by Gasteiger charge is -2.38. The molecule has 0 spiro atoms. The van der Waals surface area contributed by atoms with E-state index in [0.29, 0.717) is 4.88 Å². The Morgan fingerprint density at radius 1 is 1.00 bits per heavy atom. The van der Waals surface area contributed by atoms with E-state index in [1.54, 1.807) is 6.07 Å². The van der Waals surface area contributed by atoms with Crippen molar-refractivity contribution in [1.29, 1.82) is 0 Å². The van der Waals surface area contributed by atoms with Crippen LogP contribution < -0.4 is 4.90 Å². The average Bonchev–Trinajstić information content (AvgIpc) is 3.37. The Bertz CT molecular complexity index is 1050. The molecule has 4 atom stereocenters. The first kappa shape index (κ1) is 18.3. The number of Topliss-reactive ketones (excluding diaryl/α,β-unsaturated/α-hetero) is 1. The predicted octanol–water partition coefficient (Wildman–Crippen LogP) is 3.61. The van der Waals surface area contributed by atoms with Gasteiger partial charge in [0, 0.05) is 11.2 Å². The maximum absolute atomic E-state index is 13.6. The fourth-order valence-corrected chi connectivity index (χ4v) is 5.74. The Labute approximate surface area is 173 Å². The summed E-state index contributed by atoms with van der Waals surface area (Å²) >= 11 is 1.38. The predicted molar refractivity (Wildman–Crippen MR) is 113 cm³/mol. The van der Waals surface area contributed by atoms with Gasteiger partial charge in [-0.25, -0.2) is 0 Å². The van der Waals surface area contributed by atoms with Crippen LogP contribution in [0.25, 0.3) is 6.08 Å². The summed E-state index contributed by atoms with van der Waals surface area (Å²) in [6.45, 7) is 5.59. The van der Waals surface area contributed by atoms with Crippen molar-refractivity contribution in [2.45, 2.75) is 38.4 Å². The lowest BCUT2D eigenvalue weighted by molar-refractivity contribution is -0.145. The van der Waals surface area contributed by atoms with Crippen LogP contribution in [0.15, 0.2) is 47.9 Å². The molecule has 6 heteroatoms. The minimum Gasteiger partial charge on any atom is -0.352 e. The highest BCUT2D eigenvalue weighted by Gasteiger charge is 2.65. The maximum atomic E-state index is 13.6. The number of rotatable bonds is 2. The van der Waals surface area contributed by atoms with E-state index in [2.05, 4.69) is 0 Å². The lowest BCUT2D eigenvalue weighted by atomic mass is 9.87. The van der Waals surface area contributed by atoms with Crippen molar-refractivity contribution in [3.8, 4) is 0 Å². The third-order valence-corrected chi connectivity index (χ3v) is 7.00. The quantitative estimate of drug-likeness (QED) is 0.565. The molecule has 1 aromatic heterocycles. The first-order chi connectivity index (χ1) is 13.8. The van der Waals surface area contributed by atoms with Crippen molar-refractivity contribution in [3.05, 3.63) is 58.3 Å². The molecule has 3 aliphatic rings. The van der Waals surface area contributed by atoms with Gasteiger partial charge in [0.05, 0.1) is 22.8 Å². The molecule has 1 aromatic carbocycles. The molecule has 0 bridgehead atoms. The van der Waals surface area contributed by atoms with E-state index in [0.717, 1.165) is 11.3 Å². The fraction of sp³-hybridized carbons (Fsp3) is 0.348. The molecule has 2 amide bonds. The number of hydrogen-bond donors (Lipinski definition) is 0. The van der Waals surface area contributed by atoms with Crippen LogP contribution in [0.3, 0.4) is 0 Å². The van der Waals surface area contributed by atoms with Crippen molar-refractivity contribution in [3.63, 3.8) is 0 Å². The van der Waals surface area contributed by atoms with Crippen LogP contribution in [0.1, 0.15) is 36.0 Å². The van der Waals surface area contributed by atoms with E-state index in [1.165, 1.54) is 16.2 Å². The Morgan fingerprint density at radius 2 is 1.72 bits per heavy atom. The number of hydrogen-bond acceptors (Lipinski definition) is 5. The molecule has 5 rings (SSSR count). The summed E-state index contributed by atoms with van der Waals surface area (Å²) in [7, 11) is 0. The van der Waals surface area contributed by atoms with Crippen molar-refractivity contribution in [1.82, 2.24) is 4.90 Å². The van der Waals surface area contributed by atoms with Crippen molar-refractivity contribution in [2.75, 3.05) is 4.90 Å². The Balaban J connectivity index is 1.68. The summed E-state index contributed by atoms with van der Waals surface area (Å²) in [4.78, 5) is 44.5. The molecule has 2 fully saturated rings. The van der Waals surface area contributed by atoms with E-state index in [1.807, 2.05) is 73.5 Å². The van der Waals surface area contributed by atoms with Crippen LogP contribution in [0, 0.1) is 11.8 Å². The van der Waals surface area contributed by atoms with Gasteiger partial charge in [0.1, 0.15) is 6.04 Å². The van der Waals surface area contributed by atoms with Gasteiger partial charge >= 0.3 is 0 Å². The zero-order valence-corrected chi connectivity index (χ0v) is 17.3. The molecule has 0 aliphatic carbocycles. The van der Waals surface area contributed by atoms with Crippen LogP contribution in [0.4, 0.5) is 5.69 Å². The molecule has 2 saturated heterocycles. The molecule has 0 saturated carbocycles. The molecule has 148 valence electrons. The highest BCUT2D eigenvalue weighted by atomic mass is 32.1. The van der Waals surface area contributed by atoms with Crippen LogP contribution in [-0.4, -0.2) is 40.1 Å². The number of carbonyl (C=O) groups excluding carboxylic acids is 3. The number of anilines is 1. The largest absolute Gasteiger partial charge is 0.352 e. The topological polar surface area (TPSA) is 57.7 Å². The molecule has 3 aliphatic heterocycles. The van der Waals surface area contributed by atoms with Crippen LogP contribution in [0.2, 0.25) is 0 Å². The Morgan fingerprint density at radius 3 is 2.41 bits per heavy atom. The number of nitrogens with zero attached hydrogens (tertiary/aromatic N) is 2. The van der Waals surface area contributed by atoms with E-state index in [4.69, 9.17) is 0 Å². The number of carbonyl (C=O) groups is 3. The van der Waals surface area contributed by atoms with E-state index >= 15 is 0 Å². The van der Waals surface area contributed by atoms with Gasteiger partial charge in [-0.15, -0.1) is 11.3 Å². The highest BCUT2D eigenvalue weighted by molar-refractivity contribution is 7.12. The van der Waals surface area contributed by atoms with Crippen LogP contribution in [0.5, 0.6) is 0 Å². The molecular formula is C23H22N2O3S. The normalized spacial score (nSPS) is 27.8. The average molecular weight is 407 g/mol. The van der Waals surface area contributed by atoms with Gasteiger partial charge in [0.15, 0.2) is 5.78 Å². The SMILES string of the molecule is CC(C)(C)N1C(=O)[C@@H]2[C@H](C1=O)[C@H]1C=Cc3ccccc3N1[C@@H]2C(=O)c1cccs1. The third-order valence-electron chi connectivity index (χ3n) is 6.12. The molecule has 0 N–H and O–H groups in total. The van der Waals surface area contributed by atoms with Crippen LogP contribution in [-0.2, 0) is 9.59 Å². The van der Waals surface area contributed by atoms with E-state index < -0.39 is 23.4 Å². The van der Waals surface area contributed by atoms with Gasteiger partial charge in [-0.05, 0) is 43.8 Å². The van der Waals surface area contributed by atoms with Gasteiger partial charge in [-0.3, -0.25) is 19.3 Å². The number of amides is 2. The third kappa shape index (κ3) is 2.48. The zero-order chi connectivity index (χ0) is 20.5. The molecule has 0 radical (unpaired) electrons. The van der Waals surface area contributed by atoms with Gasteiger partial charge in [0.2, 0.25) is 11.8 Å². The summed E-state index contributed by atoms with van der Waals surface area (Å²) in [5.74, 6) is -1.70. The maximum Gasteiger partial charge on any atom is 0.236 e. The Hall–Kier alpha value is -2.73. The van der Waals surface area contributed by atoms with E-state index in [9.17, 15) is 14.4 Å². The lowest BCUT2D eigenvalue weighted by Crippen LogP contribution is -2.52. The van der Waals surface area contributed by atoms with Crippen molar-refractivity contribution in [2.24, 2.45) is 11.8 Å². The molecule has 4 heterocycles. The first-order valence-corrected chi connectivity index (χ1v) is 10.7. The second-order valence-corrected chi connectivity index (χ2v) is 9.78. The second-order valence-electron chi connectivity index (χ2n) is 8.84. The zero-order valence-electron chi connectivity index (χ0n) is 16.5. The number of fused-ring (bicyclic) bond motifs is 5. The summed E-state index contributed by atoms with van der Waals surface area (Å²) in [5, 5.41) is 1.87. The molecule has 0 unspecified atom stereocenters. The minimum atomic E-state index is -0.682. The molecule has 2 aromatic rings. The van der Waals surface area contributed by atoms with Crippen molar-refractivity contribution >= 4 is 40.7 Å². The monoisotopic (exact) mass is 406 g/mol. The van der Waals surface area contributed by atoms with Crippen LogP contribution >= 0.6 is 11.3 Å². The Kier molecular flexibility index (Phi) is 3.87. The molecule has 29 heavy (non-hydrogen) atoms. The minimum absolute atomic E-state index is 0.0838. The van der Waals surface area contributed by atoms with Gasteiger partial charge in [-0.2, -0.15) is 0 Å². The van der Waals surface area contributed by atoms with Gasteiger partial charge in [-0.1, -0.05) is 36.4 Å². The number of imide groups is 1. The standard InChI is InChI=1S/C23H22N2O3S/c1-23(2,3)25-21(27)17-15-11-10-13-7-4-5-8-14(13)24(15)19(18(17)22(25)28)20(26)16-9-6-12-29-16/h4-12,15,17-19H,1-3H3/t15-,17-,18-,19+/m1/s1. The van der Waals surface area contributed by atoms with Crippen molar-refractivity contribution < 1.29 is 14.4 Å². The number of para-hydroxylation sites is 1. The smallest absolute Gasteiger partial charge is 0.236 e. The summed E-state index contributed by atoms with van der Waals surface area (Å²) < 4.78 is 0. The summed E-state index contributed by atoms with van der Waals surface area (Å²) in [6, 6.07) is 10.5. The number of benzene rings is 1. The number of likely N-dealkylation sites (tertiary alicyclic amines) is 1. The highest BCUT2D eigenvalue weighted by Crippen LogP contribution is 2.50. The first-order valence-electron chi connectivity index (χ1n) is 9.82. The number of ketones is 1. The second kappa shape index (κ2) is 6.13. The fourth-order valence-electron chi connectivity index (χ4n) is 5.04. The number of thiophene rings is 1. The molecular weight excluding hydrogens is 384 g/mol. The van der Waals surface area contributed by atoms with Gasteiger partial charge < -0.3 is 4.90 Å².